The molecule has 0 atom stereocenters. The van der Waals surface area contributed by atoms with Crippen LogP contribution in [-0.2, 0) is 6.54 Å². The number of alkyl halides is 2. The Bertz CT molecular complexity index is 535. The van der Waals surface area contributed by atoms with Gasteiger partial charge in [-0.25, -0.2) is 9.38 Å². The van der Waals surface area contributed by atoms with Crippen LogP contribution in [0.2, 0.25) is 0 Å². The fourth-order valence-corrected chi connectivity index (χ4v) is 2.74. The minimum absolute atomic E-state index is 0. The van der Waals surface area contributed by atoms with Gasteiger partial charge in [0.15, 0.2) is 5.96 Å². The number of guanidine groups is 1. The SMILES string of the molecule is I.NC(=NCc1c(F)cccc1OC(F)F)NC1CCCCCC1. The van der Waals surface area contributed by atoms with E-state index >= 15 is 0 Å². The first kappa shape index (κ1) is 20.9. The van der Waals surface area contributed by atoms with E-state index in [1.54, 1.807) is 0 Å². The molecule has 0 saturated heterocycles. The van der Waals surface area contributed by atoms with Crippen LogP contribution < -0.4 is 15.8 Å². The van der Waals surface area contributed by atoms with E-state index < -0.39 is 12.4 Å². The number of nitrogens with one attached hydrogen (secondary N) is 1. The van der Waals surface area contributed by atoms with Crippen LogP contribution in [0.25, 0.3) is 0 Å². The largest absolute Gasteiger partial charge is 0.434 e. The van der Waals surface area contributed by atoms with E-state index in [2.05, 4.69) is 15.0 Å². The quantitative estimate of drug-likeness (QED) is 0.302. The van der Waals surface area contributed by atoms with Crippen molar-refractivity contribution >= 4 is 29.9 Å². The van der Waals surface area contributed by atoms with Gasteiger partial charge in [-0.3, -0.25) is 0 Å². The third kappa shape index (κ3) is 6.74. The van der Waals surface area contributed by atoms with Crippen molar-refractivity contribution in [3.05, 3.63) is 29.6 Å². The Morgan fingerprint density at radius 2 is 1.92 bits per heavy atom. The molecule has 0 bridgehead atoms. The van der Waals surface area contributed by atoms with Gasteiger partial charge >= 0.3 is 6.61 Å². The molecule has 0 heterocycles. The number of rotatable bonds is 5. The predicted molar refractivity (Wildman–Crippen MR) is 98.4 cm³/mol. The third-order valence-electron chi connectivity index (χ3n) is 3.91. The molecule has 0 amide bonds. The van der Waals surface area contributed by atoms with Crippen molar-refractivity contribution in [2.24, 2.45) is 10.7 Å². The standard InChI is InChI=1S/C16H22F3N3O.HI/c17-13-8-5-9-14(23-15(18)19)12(13)10-21-16(20)22-11-6-3-1-2-4-7-11;/h5,8-9,11,15H,1-4,6-7,10H2,(H3,20,21,22);1H. The summed E-state index contributed by atoms with van der Waals surface area (Å²) < 4.78 is 42.9. The Hall–Kier alpha value is -1.19. The van der Waals surface area contributed by atoms with Gasteiger partial charge in [-0.05, 0) is 25.0 Å². The Morgan fingerprint density at radius 1 is 1.25 bits per heavy atom. The molecular formula is C16H23F3IN3O. The average Bonchev–Trinajstić information content (AvgIpc) is 2.74. The van der Waals surface area contributed by atoms with Crippen LogP contribution >= 0.6 is 24.0 Å². The molecule has 0 radical (unpaired) electrons. The highest BCUT2D eigenvalue weighted by Crippen LogP contribution is 2.24. The van der Waals surface area contributed by atoms with E-state index in [0.29, 0.717) is 0 Å². The number of hydrogen-bond donors (Lipinski definition) is 2. The lowest BCUT2D eigenvalue weighted by atomic mass is 10.1. The summed E-state index contributed by atoms with van der Waals surface area (Å²) in [5.41, 5.74) is 5.80. The first-order valence-electron chi connectivity index (χ1n) is 7.85. The maximum Gasteiger partial charge on any atom is 0.387 e. The molecule has 1 aromatic carbocycles. The van der Waals surface area contributed by atoms with Crippen molar-refractivity contribution in [1.29, 1.82) is 0 Å². The second-order valence-corrected chi connectivity index (χ2v) is 5.63. The van der Waals surface area contributed by atoms with Gasteiger partial charge in [0.25, 0.3) is 0 Å². The molecule has 136 valence electrons. The topological polar surface area (TPSA) is 59.6 Å². The first-order valence-corrected chi connectivity index (χ1v) is 7.85. The Kier molecular flexibility index (Phi) is 9.24. The molecule has 24 heavy (non-hydrogen) atoms. The lowest BCUT2D eigenvalue weighted by Gasteiger charge is -2.17. The molecule has 1 aliphatic carbocycles. The highest BCUT2D eigenvalue weighted by Gasteiger charge is 2.15. The maximum absolute atomic E-state index is 13.8. The molecule has 1 saturated carbocycles. The van der Waals surface area contributed by atoms with Crippen molar-refractivity contribution in [1.82, 2.24) is 5.32 Å². The highest BCUT2D eigenvalue weighted by molar-refractivity contribution is 14.0. The van der Waals surface area contributed by atoms with E-state index in [-0.39, 0.29) is 53.8 Å². The van der Waals surface area contributed by atoms with E-state index in [4.69, 9.17) is 5.73 Å². The molecule has 1 aromatic rings. The van der Waals surface area contributed by atoms with Crippen LogP contribution in [0.3, 0.4) is 0 Å². The molecule has 2 rings (SSSR count). The average molecular weight is 457 g/mol. The van der Waals surface area contributed by atoms with Gasteiger partial charge in [-0.15, -0.1) is 24.0 Å². The second kappa shape index (κ2) is 10.6. The monoisotopic (exact) mass is 457 g/mol. The summed E-state index contributed by atoms with van der Waals surface area (Å²) in [6.45, 7) is -3.17. The number of aliphatic imine (C=N–C) groups is 1. The van der Waals surface area contributed by atoms with Gasteiger partial charge in [0.2, 0.25) is 0 Å². The summed E-state index contributed by atoms with van der Waals surface area (Å²) >= 11 is 0. The maximum atomic E-state index is 13.8. The van der Waals surface area contributed by atoms with Gasteiger partial charge in [0, 0.05) is 6.04 Å². The molecule has 4 nitrogen and oxygen atoms in total. The van der Waals surface area contributed by atoms with E-state index in [9.17, 15) is 13.2 Å². The van der Waals surface area contributed by atoms with Crippen LogP contribution in [0, 0.1) is 5.82 Å². The summed E-state index contributed by atoms with van der Waals surface area (Å²) in [6.07, 6.45) is 6.78. The first-order chi connectivity index (χ1) is 11.1. The molecule has 8 heteroatoms. The van der Waals surface area contributed by atoms with E-state index in [1.165, 1.54) is 31.0 Å². The predicted octanol–water partition coefficient (Wildman–Crippen LogP) is 4.17. The van der Waals surface area contributed by atoms with Gasteiger partial charge in [-0.1, -0.05) is 31.7 Å². The summed E-state index contributed by atoms with van der Waals surface area (Å²) in [5, 5.41) is 3.13. The van der Waals surface area contributed by atoms with Crippen molar-refractivity contribution in [3.63, 3.8) is 0 Å². The zero-order valence-electron chi connectivity index (χ0n) is 13.3. The minimum atomic E-state index is -3.01. The van der Waals surface area contributed by atoms with E-state index in [1.807, 2.05) is 0 Å². The molecule has 0 spiro atoms. The fraction of sp³-hybridized carbons (Fsp3) is 0.562. The van der Waals surface area contributed by atoms with Crippen molar-refractivity contribution in [3.8, 4) is 5.75 Å². The van der Waals surface area contributed by atoms with Crippen LogP contribution in [-0.4, -0.2) is 18.6 Å². The van der Waals surface area contributed by atoms with Gasteiger partial charge in [-0.2, -0.15) is 8.78 Å². The molecule has 3 N–H and O–H groups in total. The Morgan fingerprint density at radius 3 is 2.54 bits per heavy atom. The number of nitrogens with two attached hydrogens (primary N) is 1. The summed E-state index contributed by atoms with van der Waals surface area (Å²) in [6, 6.07) is 4.04. The summed E-state index contributed by atoms with van der Waals surface area (Å²) in [4.78, 5) is 4.07. The van der Waals surface area contributed by atoms with Gasteiger partial charge in [0.1, 0.15) is 11.6 Å². The highest BCUT2D eigenvalue weighted by atomic mass is 127. The van der Waals surface area contributed by atoms with Crippen LogP contribution in [0.1, 0.15) is 44.1 Å². The summed E-state index contributed by atoms with van der Waals surface area (Å²) in [7, 11) is 0. The molecule has 0 aliphatic heterocycles. The Balaban J connectivity index is 0.00000288. The van der Waals surface area contributed by atoms with Crippen LogP contribution in [0.15, 0.2) is 23.2 Å². The molecule has 0 aromatic heterocycles. The Labute approximate surface area is 157 Å². The van der Waals surface area contributed by atoms with Crippen molar-refractivity contribution in [2.75, 3.05) is 0 Å². The molecule has 0 unspecified atom stereocenters. The number of benzene rings is 1. The molecule has 1 fully saturated rings. The number of halogens is 4. The van der Waals surface area contributed by atoms with Gasteiger partial charge < -0.3 is 15.8 Å². The van der Waals surface area contributed by atoms with Crippen LogP contribution in [0.5, 0.6) is 5.75 Å². The minimum Gasteiger partial charge on any atom is -0.434 e. The fourth-order valence-electron chi connectivity index (χ4n) is 2.74. The third-order valence-corrected chi connectivity index (χ3v) is 3.91. The zero-order valence-corrected chi connectivity index (χ0v) is 15.6. The lowest BCUT2D eigenvalue weighted by Crippen LogP contribution is -2.39. The normalized spacial score (nSPS) is 16.4. The zero-order chi connectivity index (χ0) is 16.7. The number of ether oxygens (including phenoxy) is 1. The lowest BCUT2D eigenvalue weighted by molar-refractivity contribution is -0.0506. The molecule has 1 aliphatic rings. The number of hydrogen-bond acceptors (Lipinski definition) is 2. The smallest absolute Gasteiger partial charge is 0.387 e. The van der Waals surface area contributed by atoms with E-state index in [0.717, 1.165) is 25.7 Å². The molecular weight excluding hydrogens is 434 g/mol. The van der Waals surface area contributed by atoms with Crippen molar-refractivity contribution in [2.45, 2.75) is 57.7 Å². The van der Waals surface area contributed by atoms with Crippen LogP contribution in [0.4, 0.5) is 13.2 Å². The number of nitrogens with zero attached hydrogens (tertiary/aromatic N) is 1. The van der Waals surface area contributed by atoms with Crippen molar-refractivity contribution < 1.29 is 17.9 Å². The second-order valence-electron chi connectivity index (χ2n) is 5.63. The van der Waals surface area contributed by atoms with Gasteiger partial charge in [0.05, 0.1) is 12.1 Å². The summed E-state index contributed by atoms with van der Waals surface area (Å²) in [5.74, 6) is -0.664.